The van der Waals surface area contributed by atoms with E-state index in [0.717, 1.165) is 5.56 Å². The van der Waals surface area contributed by atoms with E-state index in [9.17, 15) is 4.79 Å². The Labute approximate surface area is 142 Å². The number of rotatable bonds is 6. The molecule has 0 spiro atoms. The Hall–Kier alpha value is -1.54. The van der Waals surface area contributed by atoms with Gasteiger partial charge in [0.15, 0.2) is 0 Å². The molecule has 0 saturated heterocycles. The van der Waals surface area contributed by atoms with Crippen molar-refractivity contribution in [1.82, 2.24) is 20.9 Å². The van der Waals surface area contributed by atoms with Gasteiger partial charge in [0.2, 0.25) is 11.5 Å². The number of halogens is 3. The van der Waals surface area contributed by atoms with Crippen molar-refractivity contribution in [2.24, 2.45) is 0 Å². The van der Waals surface area contributed by atoms with Crippen LogP contribution in [-0.4, -0.2) is 29.3 Å². The molecule has 0 saturated carbocycles. The van der Waals surface area contributed by atoms with Gasteiger partial charge in [-0.15, -0.1) is 12.4 Å². The van der Waals surface area contributed by atoms with Gasteiger partial charge in [-0.2, -0.15) is 0 Å². The zero-order chi connectivity index (χ0) is 15.2. The molecule has 0 radical (unpaired) electrons. The van der Waals surface area contributed by atoms with Crippen molar-refractivity contribution in [2.45, 2.75) is 6.54 Å². The number of nitrogen functional groups attached to an aromatic ring is 1. The SMILES string of the molecule is Cl.Nc1nonc1C(=O)NCCNCc1ccc(Cl)cc1Cl. The number of amides is 1. The molecule has 0 fully saturated rings. The Morgan fingerprint density at radius 1 is 1.27 bits per heavy atom. The quantitative estimate of drug-likeness (QED) is 0.674. The molecule has 0 unspecified atom stereocenters. The van der Waals surface area contributed by atoms with Crippen LogP contribution in [0.5, 0.6) is 0 Å². The minimum absolute atomic E-state index is 0. The summed E-state index contributed by atoms with van der Waals surface area (Å²) >= 11 is 11.9. The van der Waals surface area contributed by atoms with Crippen LogP contribution in [0.4, 0.5) is 5.82 Å². The van der Waals surface area contributed by atoms with E-state index in [0.29, 0.717) is 29.7 Å². The molecule has 1 aromatic carbocycles. The Balaban J connectivity index is 0.00000242. The fourth-order valence-corrected chi connectivity index (χ4v) is 2.06. The minimum atomic E-state index is -0.430. The molecule has 2 aromatic rings. The Morgan fingerprint density at radius 3 is 2.68 bits per heavy atom. The van der Waals surface area contributed by atoms with E-state index in [2.05, 4.69) is 25.6 Å². The molecule has 10 heteroatoms. The van der Waals surface area contributed by atoms with E-state index >= 15 is 0 Å². The number of aromatic nitrogens is 2. The largest absolute Gasteiger partial charge is 0.379 e. The van der Waals surface area contributed by atoms with E-state index in [1.807, 2.05) is 6.07 Å². The minimum Gasteiger partial charge on any atom is -0.379 e. The normalized spacial score (nSPS) is 10.1. The molecule has 0 aliphatic carbocycles. The number of carbonyl (C=O) groups excluding carboxylic acids is 1. The summed E-state index contributed by atoms with van der Waals surface area (Å²) in [6.45, 7) is 1.52. The van der Waals surface area contributed by atoms with Crippen molar-refractivity contribution >= 4 is 47.3 Å². The van der Waals surface area contributed by atoms with Crippen LogP contribution in [0.2, 0.25) is 10.0 Å². The van der Waals surface area contributed by atoms with Crippen LogP contribution in [0.25, 0.3) is 0 Å². The highest BCUT2D eigenvalue weighted by atomic mass is 35.5. The van der Waals surface area contributed by atoms with Gasteiger partial charge in [-0.25, -0.2) is 4.63 Å². The van der Waals surface area contributed by atoms with Crippen LogP contribution in [0.15, 0.2) is 22.8 Å². The first kappa shape index (κ1) is 18.5. The summed E-state index contributed by atoms with van der Waals surface area (Å²) in [5, 5.41) is 13.7. The highest BCUT2D eigenvalue weighted by molar-refractivity contribution is 6.35. The zero-order valence-corrected chi connectivity index (χ0v) is 13.6. The Kier molecular flexibility index (Phi) is 7.40. The first-order chi connectivity index (χ1) is 10.1. The summed E-state index contributed by atoms with van der Waals surface area (Å²) in [6.07, 6.45) is 0. The highest BCUT2D eigenvalue weighted by Crippen LogP contribution is 2.20. The van der Waals surface area contributed by atoms with Crippen molar-refractivity contribution in [1.29, 1.82) is 0 Å². The molecule has 1 amide bonds. The smallest absolute Gasteiger partial charge is 0.277 e. The number of benzene rings is 1. The lowest BCUT2D eigenvalue weighted by atomic mass is 10.2. The fourth-order valence-electron chi connectivity index (χ4n) is 1.59. The maximum absolute atomic E-state index is 11.6. The summed E-state index contributed by atoms with van der Waals surface area (Å²) in [6, 6.07) is 5.30. The summed E-state index contributed by atoms with van der Waals surface area (Å²) in [4.78, 5) is 11.6. The molecule has 0 aliphatic heterocycles. The van der Waals surface area contributed by atoms with Gasteiger partial charge in [-0.1, -0.05) is 29.3 Å². The molecular weight excluding hydrogens is 353 g/mol. The standard InChI is InChI=1S/C12H13Cl2N5O2.ClH/c13-8-2-1-7(9(14)5-8)6-16-3-4-17-12(20)10-11(15)19-21-18-10;/h1-2,5,16H,3-4,6H2,(H2,15,19)(H,17,20);1H. The molecule has 0 bridgehead atoms. The first-order valence-electron chi connectivity index (χ1n) is 6.09. The van der Waals surface area contributed by atoms with Crippen LogP contribution < -0.4 is 16.4 Å². The van der Waals surface area contributed by atoms with Crippen LogP contribution in [0, 0.1) is 0 Å². The first-order valence-corrected chi connectivity index (χ1v) is 6.84. The van der Waals surface area contributed by atoms with Crippen LogP contribution in [-0.2, 0) is 6.54 Å². The molecule has 22 heavy (non-hydrogen) atoms. The summed E-state index contributed by atoms with van der Waals surface area (Å²) in [7, 11) is 0. The molecule has 120 valence electrons. The Morgan fingerprint density at radius 2 is 2.05 bits per heavy atom. The molecule has 1 heterocycles. The van der Waals surface area contributed by atoms with Crippen molar-refractivity contribution < 1.29 is 9.42 Å². The number of nitrogens with one attached hydrogen (secondary N) is 2. The van der Waals surface area contributed by atoms with E-state index in [1.54, 1.807) is 12.1 Å². The monoisotopic (exact) mass is 365 g/mol. The van der Waals surface area contributed by atoms with Gasteiger partial charge in [0.25, 0.3) is 5.91 Å². The second-order valence-electron chi connectivity index (χ2n) is 4.17. The second kappa shape index (κ2) is 8.79. The third kappa shape index (κ3) is 5.03. The molecule has 1 aromatic heterocycles. The van der Waals surface area contributed by atoms with Crippen molar-refractivity contribution in [2.75, 3.05) is 18.8 Å². The number of anilines is 1. The second-order valence-corrected chi connectivity index (χ2v) is 5.01. The lowest BCUT2D eigenvalue weighted by Crippen LogP contribution is -2.32. The molecule has 2 rings (SSSR count). The molecular formula is C12H14Cl3N5O2. The van der Waals surface area contributed by atoms with E-state index in [4.69, 9.17) is 28.9 Å². The number of carbonyl (C=O) groups is 1. The van der Waals surface area contributed by atoms with E-state index in [1.165, 1.54) is 0 Å². The maximum atomic E-state index is 11.6. The maximum Gasteiger partial charge on any atom is 0.277 e. The van der Waals surface area contributed by atoms with Crippen molar-refractivity contribution in [3.63, 3.8) is 0 Å². The summed E-state index contributed by atoms with van der Waals surface area (Å²) in [5.74, 6) is -0.464. The molecule has 0 atom stereocenters. The topological polar surface area (TPSA) is 106 Å². The van der Waals surface area contributed by atoms with E-state index < -0.39 is 5.91 Å². The molecule has 0 aliphatic rings. The lowest BCUT2D eigenvalue weighted by molar-refractivity contribution is 0.0944. The molecule has 4 N–H and O–H groups in total. The van der Waals surface area contributed by atoms with E-state index in [-0.39, 0.29) is 23.9 Å². The third-order valence-corrected chi connectivity index (χ3v) is 3.23. The predicted molar refractivity (Wildman–Crippen MR) is 86.5 cm³/mol. The Bertz CT molecular complexity index is 635. The summed E-state index contributed by atoms with van der Waals surface area (Å²) in [5.41, 5.74) is 6.32. The predicted octanol–water partition coefficient (Wildman–Crippen LogP) is 1.90. The van der Waals surface area contributed by atoms with Gasteiger partial charge >= 0.3 is 0 Å². The van der Waals surface area contributed by atoms with Crippen LogP contribution in [0.3, 0.4) is 0 Å². The fraction of sp³-hybridized carbons (Fsp3) is 0.250. The zero-order valence-electron chi connectivity index (χ0n) is 11.3. The van der Waals surface area contributed by atoms with Gasteiger partial charge in [0.1, 0.15) is 0 Å². The van der Waals surface area contributed by atoms with Gasteiger partial charge < -0.3 is 16.4 Å². The van der Waals surface area contributed by atoms with Gasteiger partial charge in [-0.05, 0) is 28.0 Å². The average Bonchev–Trinajstić information content (AvgIpc) is 2.86. The van der Waals surface area contributed by atoms with Crippen molar-refractivity contribution in [3.8, 4) is 0 Å². The number of nitrogens with zero attached hydrogens (tertiary/aromatic N) is 2. The number of nitrogens with two attached hydrogens (primary N) is 1. The lowest BCUT2D eigenvalue weighted by Gasteiger charge is -2.07. The average molecular weight is 367 g/mol. The molecule has 7 nitrogen and oxygen atoms in total. The van der Waals surface area contributed by atoms with Crippen molar-refractivity contribution in [3.05, 3.63) is 39.5 Å². The van der Waals surface area contributed by atoms with Crippen LogP contribution in [0.1, 0.15) is 16.1 Å². The van der Waals surface area contributed by atoms with Gasteiger partial charge in [-0.3, -0.25) is 4.79 Å². The van der Waals surface area contributed by atoms with Crippen LogP contribution >= 0.6 is 35.6 Å². The third-order valence-electron chi connectivity index (χ3n) is 2.65. The highest BCUT2D eigenvalue weighted by Gasteiger charge is 2.14. The summed E-state index contributed by atoms with van der Waals surface area (Å²) < 4.78 is 4.35. The number of hydrogen-bond donors (Lipinski definition) is 3. The van der Waals surface area contributed by atoms with Gasteiger partial charge in [0, 0.05) is 29.7 Å². The number of hydrogen-bond acceptors (Lipinski definition) is 6. The van der Waals surface area contributed by atoms with Gasteiger partial charge in [0.05, 0.1) is 0 Å².